The molecule has 0 bridgehead atoms. The summed E-state index contributed by atoms with van der Waals surface area (Å²) in [4.78, 5) is 26.7. The molecule has 1 heterocycles. The number of hydrogen-bond donors (Lipinski definition) is 1. The van der Waals surface area contributed by atoms with Crippen molar-refractivity contribution in [1.82, 2.24) is 5.32 Å². The molecule has 1 aliphatic heterocycles. The van der Waals surface area contributed by atoms with Crippen molar-refractivity contribution in [2.24, 2.45) is 0 Å². The number of ketones is 1. The highest BCUT2D eigenvalue weighted by Crippen LogP contribution is 2.46. The van der Waals surface area contributed by atoms with Crippen molar-refractivity contribution in [2.45, 2.75) is 76.7 Å². The Balaban J connectivity index is 1.79. The predicted molar refractivity (Wildman–Crippen MR) is 122 cm³/mol. The van der Waals surface area contributed by atoms with Crippen molar-refractivity contribution < 1.29 is 23.8 Å². The fraction of sp³-hybridized carbons (Fsp3) is 0.538. The second kappa shape index (κ2) is 9.80. The molecule has 0 spiro atoms. The summed E-state index contributed by atoms with van der Waals surface area (Å²) in [6, 6.07) is 5.52. The zero-order chi connectivity index (χ0) is 22.7. The maximum Gasteiger partial charge on any atom is 0.337 e. The smallest absolute Gasteiger partial charge is 0.337 e. The lowest BCUT2D eigenvalue weighted by atomic mass is 9.75. The number of esters is 1. The number of methoxy groups -OCH3 is 2. The molecule has 1 aromatic rings. The first-order valence-corrected chi connectivity index (χ1v) is 11.7. The van der Waals surface area contributed by atoms with Gasteiger partial charge in [0, 0.05) is 29.0 Å². The summed E-state index contributed by atoms with van der Waals surface area (Å²) in [6.45, 7) is 1.90. The summed E-state index contributed by atoms with van der Waals surface area (Å²) >= 11 is 0. The summed E-state index contributed by atoms with van der Waals surface area (Å²) < 4.78 is 17.2. The van der Waals surface area contributed by atoms with Crippen molar-refractivity contribution in [3.8, 4) is 11.5 Å². The highest BCUT2D eigenvalue weighted by molar-refractivity contribution is 6.04. The molecule has 2 aliphatic carbocycles. The third-order valence-electron chi connectivity index (χ3n) is 6.82. The van der Waals surface area contributed by atoms with Gasteiger partial charge in [0.25, 0.3) is 0 Å². The molecule has 4 rings (SSSR count). The van der Waals surface area contributed by atoms with E-state index in [4.69, 9.17) is 14.2 Å². The maximum atomic E-state index is 13.6. The van der Waals surface area contributed by atoms with E-state index in [1.807, 2.05) is 25.1 Å². The van der Waals surface area contributed by atoms with Crippen LogP contribution in [0, 0.1) is 0 Å². The van der Waals surface area contributed by atoms with E-state index in [0.29, 0.717) is 29.1 Å². The van der Waals surface area contributed by atoms with Crippen molar-refractivity contribution >= 4 is 11.8 Å². The molecular weight excluding hydrogens is 406 g/mol. The van der Waals surface area contributed by atoms with E-state index in [1.165, 1.54) is 12.8 Å². The van der Waals surface area contributed by atoms with Crippen LogP contribution in [0.1, 0.15) is 76.2 Å². The van der Waals surface area contributed by atoms with Gasteiger partial charge in [0.1, 0.15) is 17.6 Å². The van der Waals surface area contributed by atoms with Crippen LogP contribution in [0.15, 0.2) is 40.7 Å². The zero-order valence-electron chi connectivity index (χ0n) is 19.3. The lowest BCUT2D eigenvalue weighted by molar-refractivity contribution is -0.145. The number of ether oxygens (including phenoxy) is 3. The number of nitrogens with one attached hydrogen (secondary N) is 1. The van der Waals surface area contributed by atoms with E-state index < -0.39 is 5.92 Å². The number of dihydropyridines is 1. The van der Waals surface area contributed by atoms with E-state index in [2.05, 4.69) is 5.32 Å². The number of benzene rings is 1. The van der Waals surface area contributed by atoms with Gasteiger partial charge in [-0.1, -0.05) is 12.8 Å². The van der Waals surface area contributed by atoms with E-state index in [0.717, 1.165) is 55.5 Å². The number of carbonyl (C=O) groups excluding carboxylic acids is 2. The molecule has 1 fully saturated rings. The molecule has 0 saturated heterocycles. The molecule has 32 heavy (non-hydrogen) atoms. The van der Waals surface area contributed by atoms with Crippen LogP contribution in [0.5, 0.6) is 11.5 Å². The van der Waals surface area contributed by atoms with E-state index in [-0.39, 0.29) is 17.9 Å². The third kappa shape index (κ3) is 4.41. The normalized spacial score (nSPS) is 22.1. The van der Waals surface area contributed by atoms with Gasteiger partial charge in [0.15, 0.2) is 5.78 Å². The minimum absolute atomic E-state index is 0.0703. The molecule has 0 amide bonds. The van der Waals surface area contributed by atoms with Crippen molar-refractivity contribution in [2.75, 3.05) is 14.2 Å². The van der Waals surface area contributed by atoms with Crippen LogP contribution in [0.25, 0.3) is 0 Å². The van der Waals surface area contributed by atoms with Crippen molar-refractivity contribution in [1.29, 1.82) is 0 Å². The van der Waals surface area contributed by atoms with E-state index in [1.54, 1.807) is 14.2 Å². The van der Waals surface area contributed by atoms with Crippen LogP contribution < -0.4 is 14.8 Å². The lowest BCUT2D eigenvalue weighted by Crippen LogP contribution is -2.35. The summed E-state index contributed by atoms with van der Waals surface area (Å²) in [5, 5.41) is 3.36. The number of Topliss-reactive ketones (excluding diaryl/α,β-unsaturated/α-hetero) is 1. The summed E-state index contributed by atoms with van der Waals surface area (Å²) in [6.07, 6.45) is 8.32. The zero-order valence-corrected chi connectivity index (χ0v) is 19.3. The van der Waals surface area contributed by atoms with Crippen LogP contribution in [0.4, 0.5) is 0 Å². The molecule has 0 unspecified atom stereocenters. The number of carbonyl (C=O) groups is 2. The maximum absolute atomic E-state index is 13.6. The second-order valence-electron chi connectivity index (χ2n) is 8.89. The number of allylic oxidation sites excluding steroid dienone is 3. The van der Waals surface area contributed by atoms with Gasteiger partial charge in [-0.2, -0.15) is 0 Å². The van der Waals surface area contributed by atoms with Gasteiger partial charge in [0.05, 0.1) is 25.7 Å². The minimum Gasteiger partial charge on any atom is -0.497 e. The van der Waals surface area contributed by atoms with Gasteiger partial charge >= 0.3 is 5.97 Å². The van der Waals surface area contributed by atoms with Gasteiger partial charge in [-0.25, -0.2) is 4.79 Å². The Morgan fingerprint density at radius 3 is 2.44 bits per heavy atom. The first-order valence-electron chi connectivity index (χ1n) is 11.7. The summed E-state index contributed by atoms with van der Waals surface area (Å²) in [7, 11) is 3.21. The van der Waals surface area contributed by atoms with Crippen molar-refractivity contribution in [3.63, 3.8) is 0 Å². The highest BCUT2D eigenvalue weighted by atomic mass is 16.5. The fourth-order valence-electron chi connectivity index (χ4n) is 5.20. The Hall–Kier alpha value is -2.76. The molecular formula is C26H33NO5. The average Bonchev–Trinajstić information content (AvgIpc) is 3.06. The summed E-state index contributed by atoms with van der Waals surface area (Å²) in [5.74, 6) is 0.458. The van der Waals surface area contributed by atoms with E-state index in [9.17, 15) is 9.59 Å². The largest absolute Gasteiger partial charge is 0.497 e. The summed E-state index contributed by atoms with van der Waals surface area (Å²) in [5.41, 5.74) is 3.55. The SMILES string of the molecule is COc1ccc(OC)c([C@@H]2C(C(=O)OC3CCCCCC3)=C(C)NC3=C2C(=O)CCC3)c1. The first-order chi connectivity index (χ1) is 15.5. The molecule has 1 saturated carbocycles. The quantitative estimate of drug-likeness (QED) is 0.518. The first kappa shape index (κ1) is 22.4. The molecule has 3 aliphatic rings. The second-order valence-corrected chi connectivity index (χ2v) is 8.89. The van der Waals surface area contributed by atoms with Gasteiger partial charge in [-0.15, -0.1) is 0 Å². The van der Waals surface area contributed by atoms with E-state index >= 15 is 0 Å². The monoisotopic (exact) mass is 439 g/mol. The Labute approximate surface area is 190 Å². The molecule has 172 valence electrons. The van der Waals surface area contributed by atoms with Gasteiger partial charge in [0.2, 0.25) is 0 Å². The molecule has 1 atom stereocenters. The third-order valence-corrected chi connectivity index (χ3v) is 6.82. The minimum atomic E-state index is -0.539. The molecule has 1 N–H and O–H groups in total. The van der Waals surface area contributed by atoms with Crippen LogP contribution >= 0.6 is 0 Å². The van der Waals surface area contributed by atoms with Crippen LogP contribution in [0.2, 0.25) is 0 Å². The molecule has 0 radical (unpaired) electrons. The number of rotatable bonds is 5. The molecule has 1 aromatic carbocycles. The van der Waals surface area contributed by atoms with Gasteiger partial charge in [-0.3, -0.25) is 4.79 Å². The standard InChI is InChI=1S/C26H33NO5/c1-16-23(26(29)32-17-9-6-4-5-7-10-17)24(25-20(27-16)11-8-12-21(25)28)19-15-18(30-2)13-14-22(19)31-3/h13-15,17,24,27H,4-12H2,1-3H3/t24-/m1/s1. The Kier molecular flexibility index (Phi) is 6.87. The Bertz CT molecular complexity index is 953. The van der Waals surface area contributed by atoms with Crippen LogP contribution in [0.3, 0.4) is 0 Å². The average molecular weight is 440 g/mol. The molecule has 0 aromatic heterocycles. The topological polar surface area (TPSA) is 73.9 Å². The predicted octanol–water partition coefficient (Wildman–Crippen LogP) is 4.94. The fourth-order valence-corrected chi connectivity index (χ4v) is 5.20. The number of hydrogen-bond acceptors (Lipinski definition) is 6. The Morgan fingerprint density at radius 1 is 1.00 bits per heavy atom. The highest BCUT2D eigenvalue weighted by Gasteiger charge is 2.41. The van der Waals surface area contributed by atoms with Crippen molar-refractivity contribution in [3.05, 3.63) is 46.3 Å². The molecule has 6 nitrogen and oxygen atoms in total. The van der Waals surface area contributed by atoms with Crippen LogP contribution in [-0.4, -0.2) is 32.1 Å². The molecule has 6 heteroatoms. The lowest BCUT2D eigenvalue weighted by Gasteiger charge is -2.35. The van der Waals surface area contributed by atoms with Crippen LogP contribution in [-0.2, 0) is 14.3 Å². The van der Waals surface area contributed by atoms with Gasteiger partial charge in [-0.05, 0) is 63.6 Å². The Morgan fingerprint density at radius 2 is 1.75 bits per heavy atom. The van der Waals surface area contributed by atoms with Gasteiger partial charge < -0.3 is 19.5 Å².